The van der Waals surface area contributed by atoms with Crippen molar-refractivity contribution in [3.05, 3.63) is 38.9 Å². The molecular weight excluding hydrogens is 362 g/mol. The van der Waals surface area contributed by atoms with E-state index in [1.165, 1.54) is 12.1 Å². The summed E-state index contributed by atoms with van der Waals surface area (Å²) in [5.41, 5.74) is 3.30. The minimum atomic E-state index is -1.57. The van der Waals surface area contributed by atoms with E-state index >= 15 is 0 Å². The molecule has 132 valence electrons. The zero-order chi connectivity index (χ0) is 18.9. The number of rotatable bonds is 2. The molecule has 3 N–H and O–H groups in total. The number of fused-ring (bicyclic) bond motifs is 2. The van der Waals surface area contributed by atoms with Crippen LogP contribution in [0.3, 0.4) is 0 Å². The topological polar surface area (TPSA) is 149 Å². The molecule has 1 aromatic rings. The van der Waals surface area contributed by atoms with E-state index in [0.29, 0.717) is 5.56 Å². The van der Waals surface area contributed by atoms with Crippen molar-refractivity contribution in [3.63, 3.8) is 0 Å². The summed E-state index contributed by atoms with van der Waals surface area (Å²) in [5.74, 6) is -2.27. The lowest BCUT2D eigenvalue weighted by Crippen LogP contribution is -2.90. The summed E-state index contributed by atoms with van der Waals surface area (Å²) < 4.78 is 11.6. The first kappa shape index (κ1) is 16.7. The average molecular weight is 375 g/mol. The molecule has 0 aromatic heterocycles. The van der Waals surface area contributed by atoms with Gasteiger partial charge in [0, 0.05) is 12.0 Å². The zero-order valence-corrected chi connectivity index (χ0v) is 14.3. The Morgan fingerprint density at radius 2 is 2.19 bits per heavy atom. The maximum atomic E-state index is 11.2. The number of halogens is 1. The molecule has 1 saturated carbocycles. The molecule has 4 rings (SSSR count). The number of hydrogen-bond acceptors (Lipinski definition) is 7. The van der Waals surface area contributed by atoms with E-state index in [1.54, 1.807) is 13.0 Å². The summed E-state index contributed by atoms with van der Waals surface area (Å²) in [5, 5.41) is 31.1. The van der Waals surface area contributed by atoms with Gasteiger partial charge in [-0.1, -0.05) is 17.7 Å². The molecular formula is C16H13ClN5O4+. The van der Waals surface area contributed by atoms with Crippen molar-refractivity contribution >= 4 is 23.1 Å². The third-order valence-electron chi connectivity index (χ3n) is 5.39. The van der Waals surface area contributed by atoms with E-state index in [1.807, 2.05) is 0 Å². The van der Waals surface area contributed by atoms with E-state index in [9.17, 15) is 20.6 Å². The summed E-state index contributed by atoms with van der Waals surface area (Å²) in [6.45, 7) is 1.99. The predicted molar refractivity (Wildman–Crippen MR) is 86.3 cm³/mol. The second kappa shape index (κ2) is 4.92. The largest absolute Gasteiger partial charge is 0.343 e. The molecule has 1 saturated heterocycles. The van der Waals surface area contributed by atoms with Crippen molar-refractivity contribution < 1.29 is 19.4 Å². The van der Waals surface area contributed by atoms with Crippen molar-refractivity contribution in [2.45, 2.75) is 24.9 Å². The highest BCUT2D eigenvalue weighted by molar-refractivity contribution is 6.32. The smallest absolute Gasteiger partial charge is 0.311 e. The van der Waals surface area contributed by atoms with Gasteiger partial charge in [0.25, 0.3) is 11.5 Å². The molecule has 0 unspecified atom stereocenters. The highest BCUT2D eigenvalue weighted by atomic mass is 35.5. The standard InChI is InChI=1S/C16H12ClN5O4/c1-8-5-25-16(26-8)15(7-19)12(14(15,6-18)13(20)21-16)9-2-3-10(17)11(4-9)22(23)24/h2-4,8,12H,5H2,1H3,(H2,20,21)/p+1/t8-,12-,14-,15-,16-/m1/s1. The predicted octanol–water partition coefficient (Wildman–Crippen LogP) is -0.0941. The van der Waals surface area contributed by atoms with Crippen LogP contribution in [0.15, 0.2) is 18.2 Å². The van der Waals surface area contributed by atoms with Crippen LogP contribution in [0.5, 0.6) is 0 Å². The Balaban J connectivity index is 1.91. The number of nitrogens with one attached hydrogen (secondary N) is 1. The van der Waals surface area contributed by atoms with Crippen molar-refractivity contribution in [3.8, 4) is 12.1 Å². The van der Waals surface area contributed by atoms with Gasteiger partial charge in [0.15, 0.2) is 10.8 Å². The summed E-state index contributed by atoms with van der Waals surface area (Å²) in [4.78, 5) is 13.4. The third kappa shape index (κ3) is 1.59. The van der Waals surface area contributed by atoms with Gasteiger partial charge < -0.3 is 9.47 Å². The number of nitrogens with two attached hydrogens (primary N) is 1. The zero-order valence-electron chi connectivity index (χ0n) is 13.5. The van der Waals surface area contributed by atoms with Gasteiger partial charge >= 0.3 is 5.91 Å². The minimum Gasteiger partial charge on any atom is -0.311 e. The van der Waals surface area contributed by atoms with Crippen molar-refractivity contribution in [1.29, 1.82) is 10.5 Å². The lowest BCUT2D eigenvalue weighted by molar-refractivity contribution is -0.677. The number of nitro benzene ring substituents is 1. The fourth-order valence-electron chi connectivity index (χ4n) is 4.31. The van der Waals surface area contributed by atoms with Gasteiger partial charge in [-0.2, -0.15) is 10.5 Å². The van der Waals surface area contributed by atoms with Crippen LogP contribution in [0.1, 0.15) is 18.4 Å². The third-order valence-corrected chi connectivity index (χ3v) is 5.71. The van der Waals surface area contributed by atoms with Crippen LogP contribution in [0.4, 0.5) is 5.69 Å². The number of nitro groups is 1. The molecule has 9 nitrogen and oxygen atoms in total. The van der Waals surface area contributed by atoms with Crippen LogP contribution < -0.4 is 10.7 Å². The summed E-state index contributed by atoms with van der Waals surface area (Å²) in [6.07, 6.45) is -0.309. The van der Waals surface area contributed by atoms with E-state index < -0.39 is 27.6 Å². The summed E-state index contributed by atoms with van der Waals surface area (Å²) in [7, 11) is 0. The fraction of sp³-hybridized carbons (Fsp3) is 0.438. The Morgan fingerprint density at radius 1 is 1.46 bits per heavy atom. The van der Waals surface area contributed by atoms with Gasteiger partial charge in [-0.25, -0.2) is 4.99 Å². The van der Waals surface area contributed by atoms with Crippen molar-refractivity contribution in [1.82, 2.24) is 0 Å². The van der Waals surface area contributed by atoms with Crippen LogP contribution >= 0.6 is 11.6 Å². The molecule has 0 amide bonds. The van der Waals surface area contributed by atoms with Crippen molar-refractivity contribution in [2.24, 2.45) is 16.6 Å². The molecule has 5 atom stereocenters. The first-order valence-corrected chi connectivity index (χ1v) is 8.16. The molecule has 3 aliphatic rings. The second-order valence-electron chi connectivity index (χ2n) is 6.64. The first-order chi connectivity index (χ1) is 12.3. The quantitative estimate of drug-likeness (QED) is 0.542. The number of benzene rings is 1. The van der Waals surface area contributed by atoms with E-state index in [4.69, 9.17) is 26.8 Å². The lowest BCUT2D eigenvalue weighted by Gasteiger charge is -2.23. The molecule has 26 heavy (non-hydrogen) atoms. The number of nitriles is 2. The highest BCUT2D eigenvalue weighted by Crippen LogP contribution is 2.79. The molecule has 2 aliphatic heterocycles. The van der Waals surface area contributed by atoms with E-state index in [2.05, 4.69) is 17.1 Å². The van der Waals surface area contributed by atoms with Gasteiger partial charge in [0.05, 0.1) is 29.8 Å². The number of ether oxygens (including phenoxy) is 2. The van der Waals surface area contributed by atoms with Crippen LogP contribution in [0.2, 0.25) is 5.02 Å². The number of amidine groups is 1. The number of nitrogens with zero attached hydrogens (tertiary/aromatic N) is 3. The first-order valence-electron chi connectivity index (χ1n) is 7.79. The summed E-state index contributed by atoms with van der Waals surface area (Å²) in [6, 6.07) is 8.47. The van der Waals surface area contributed by atoms with Crippen LogP contribution in [-0.4, -0.2) is 29.4 Å². The second-order valence-corrected chi connectivity index (χ2v) is 7.04. The van der Waals surface area contributed by atoms with Gasteiger partial charge in [-0.15, -0.1) is 0 Å². The fourth-order valence-corrected chi connectivity index (χ4v) is 4.50. The molecule has 2 fully saturated rings. The van der Waals surface area contributed by atoms with Gasteiger partial charge in [0.2, 0.25) is 0 Å². The molecule has 1 spiro atoms. The average Bonchev–Trinajstić information content (AvgIpc) is 2.99. The van der Waals surface area contributed by atoms with E-state index in [-0.39, 0.29) is 29.3 Å². The lowest BCUT2D eigenvalue weighted by atomic mass is 9.94. The molecule has 10 heteroatoms. The number of hydrogen-bond donors (Lipinski definition) is 2. The SMILES string of the molecule is C[C@@H]1CO[C@@]2([NH+]=C(N)[C@@]3(C#N)[C@@H](c4ccc(Cl)c([N+](=O)[O-])c4)[C@@]23C#N)O1. The van der Waals surface area contributed by atoms with Gasteiger partial charge in [-0.05, 0) is 18.6 Å². The Labute approximate surface area is 152 Å². The maximum absolute atomic E-state index is 11.2. The van der Waals surface area contributed by atoms with Gasteiger partial charge in [0.1, 0.15) is 5.02 Å². The molecule has 1 aromatic carbocycles. The highest BCUT2D eigenvalue weighted by Gasteiger charge is 2.97. The monoisotopic (exact) mass is 374 g/mol. The Hall–Kier alpha value is -2.72. The molecule has 2 heterocycles. The van der Waals surface area contributed by atoms with Crippen LogP contribution in [0, 0.1) is 43.6 Å². The Morgan fingerprint density at radius 3 is 2.73 bits per heavy atom. The van der Waals surface area contributed by atoms with Crippen molar-refractivity contribution in [2.75, 3.05) is 6.61 Å². The van der Waals surface area contributed by atoms with Gasteiger partial charge in [-0.3, -0.25) is 15.8 Å². The summed E-state index contributed by atoms with van der Waals surface area (Å²) >= 11 is 5.88. The maximum Gasteiger partial charge on any atom is 0.343 e. The normalized spacial score (nSPS) is 39.8. The molecule has 0 bridgehead atoms. The molecule has 0 radical (unpaired) electrons. The minimum absolute atomic E-state index is 0.0339. The Bertz CT molecular complexity index is 968. The van der Waals surface area contributed by atoms with Crippen LogP contribution in [0.25, 0.3) is 0 Å². The Kier molecular flexibility index (Phi) is 3.17. The molecule has 1 aliphatic carbocycles. The van der Waals surface area contributed by atoms with Crippen LogP contribution in [-0.2, 0) is 9.47 Å². The van der Waals surface area contributed by atoms with E-state index in [0.717, 1.165) is 0 Å².